The zero-order chi connectivity index (χ0) is 18.1. The molecule has 0 atom stereocenters. The lowest BCUT2D eigenvalue weighted by molar-refractivity contribution is -0.128. The second-order valence-corrected chi connectivity index (χ2v) is 7.89. The number of carbonyl (C=O) groups is 1. The summed E-state index contributed by atoms with van der Waals surface area (Å²) >= 11 is 0. The standard InChI is InChI=1S/C20H28N4O.ClH/c1-19(2,3)16-6-8-17(9-7-16)23(4)18(25)20(10-13-21-14-11-20)24-15-5-12-22-24;/h5-9,12,15,21H,10-11,13-14H2,1-4H3;1H. The number of amides is 1. The molecule has 1 aromatic carbocycles. The zero-order valence-corrected chi connectivity index (χ0v) is 16.8. The Bertz CT molecular complexity index is 713. The highest BCUT2D eigenvalue weighted by molar-refractivity contribution is 5.98. The maximum atomic E-state index is 13.4. The van der Waals surface area contributed by atoms with Gasteiger partial charge in [0.15, 0.2) is 0 Å². The molecular formula is C20H29ClN4O. The molecule has 3 rings (SSSR count). The van der Waals surface area contributed by atoms with Crippen molar-refractivity contribution in [2.24, 2.45) is 0 Å². The molecule has 1 aliphatic heterocycles. The molecule has 1 amide bonds. The van der Waals surface area contributed by atoms with E-state index in [1.54, 1.807) is 11.1 Å². The van der Waals surface area contributed by atoms with Crippen LogP contribution in [0.2, 0.25) is 0 Å². The van der Waals surface area contributed by atoms with E-state index < -0.39 is 5.54 Å². The van der Waals surface area contributed by atoms with Crippen molar-refractivity contribution in [2.75, 3.05) is 25.0 Å². The molecular weight excluding hydrogens is 348 g/mol. The first-order chi connectivity index (χ1) is 11.8. The maximum Gasteiger partial charge on any atom is 0.254 e. The molecule has 1 aromatic heterocycles. The van der Waals surface area contributed by atoms with Gasteiger partial charge in [-0.1, -0.05) is 32.9 Å². The van der Waals surface area contributed by atoms with Crippen LogP contribution in [-0.4, -0.2) is 35.8 Å². The van der Waals surface area contributed by atoms with Gasteiger partial charge in [-0.25, -0.2) is 0 Å². The number of piperidine rings is 1. The molecule has 1 saturated heterocycles. The fraction of sp³-hybridized carbons (Fsp3) is 0.500. The number of halogens is 1. The minimum absolute atomic E-state index is 0. The predicted octanol–water partition coefficient (Wildman–Crippen LogP) is 3.34. The normalized spacial score (nSPS) is 16.6. The number of anilines is 1. The summed E-state index contributed by atoms with van der Waals surface area (Å²) in [6, 6.07) is 10.2. The van der Waals surface area contributed by atoms with Gasteiger partial charge >= 0.3 is 0 Å². The van der Waals surface area contributed by atoms with E-state index in [9.17, 15) is 4.79 Å². The third kappa shape index (κ3) is 3.79. The molecule has 1 aliphatic rings. The summed E-state index contributed by atoms with van der Waals surface area (Å²) < 4.78 is 1.84. The van der Waals surface area contributed by atoms with E-state index in [4.69, 9.17) is 0 Å². The lowest BCUT2D eigenvalue weighted by atomic mass is 9.86. The predicted molar refractivity (Wildman–Crippen MR) is 108 cm³/mol. The van der Waals surface area contributed by atoms with Crippen molar-refractivity contribution in [3.63, 3.8) is 0 Å². The number of carbonyl (C=O) groups excluding carboxylic acids is 1. The van der Waals surface area contributed by atoms with Crippen molar-refractivity contribution in [3.8, 4) is 0 Å². The van der Waals surface area contributed by atoms with E-state index in [1.165, 1.54) is 5.56 Å². The van der Waals surface area contributed by atoms with Crippen molar-refractivity contribution < 1.29 is 4.79 Å². The molecule has 142 valence electrons. The summed E-state index contributed by atoms with van der Waals surface area (Å²) in [6.45, 7) is 8.22. The second-order valence-electron chi connectivity index (χ2n) is 7.89. The molecule has 0 bridgehead atoms. The van der Waals surface area contributed by atoms with E-state index in [-0.39, 0.29) is 23.7 Å². The fourth-order valence-electron chi connectivity index (χ4n) is 3.52. The molecule has 0 saturated carbocycles. The summed E-state index contributed by atoms with van der Waals surface area (Å²) in [5.41, 5.74) is 1.68. The largest absolute Gasteiger partial charge is 0.317 e. The second kappa shape index (κ2) is 7.80. The maximum absolute atomic E-state index is 13.4. The van der Waals surface area contributed by atoms with E-state index in [1.807, 2.05) is 36.1 Å². The first-order valence-corrected chi connectivity index (χ1v) is 8.94. The van der Waals surface area contributed by atoms with Crippen LogP contribution in [0.15, 0.2) is 42.7 Å². The Morgan fingerprint density at radius 2 is 1.81 bits per heavy atom. The van der Waals surface area contributed by atoms with Crippen LogP contribution in [0, 0.1) is 0 Å². The van der Waals surface area contributed by atoms with Crippen LogP contribution >= 0.6 is 12.4 Å². The van der Waals surface area contributed by atoms with Crippen LogP contribution in [-0.2, 0) is 15.7 Å². The minimum Gasteiger partial charge on any atom is -0.317 e. The van der Waals surface area contributed by atoms with Gasteiger partial charge in [0.1, 0.15) is 5.54 Å². The van der Waals surface area contributed by atoms with E-state index >= 15 is 0 Å². The smallest absolute Gasteiger partial charge is 0.254 e. The van der Waals surface area contributed by atoms with Gasteiger partial charge in [0, 0.05) is 25.1 Å². The molecule has 0 spiro atoms. The molecule has 1 N–H and O–H groups in total. The average Bonchev–Trinajstić information content (AvgIpc) is 3.15. The van der Waals surface area contributed by atoms with E-state index in [0.717, 1.165) is 31.6 Å². The van der Waals surface area contributed by atoms with Gasteiger partial charge in [0.25, 0.3) is 5.91 Å². The summed E-state index contributed by atoms with van der Waals surface area (Å²) in [5.74, 6) is 0.0983. The van der Waals surface area contributed by atoms with Gasteiger partial charge in [-0.2, -0.15) is 5.10 Å². The number of hydrogen-bond donors (Lipinski definition) is 1. The zero-order valence-electron chi connectivity index (χ0n) is 16.0. The van der Waals surface area contributed by atoms with Crippen molar-refractivity contribution >= 4 is 24.0 Å². The van der Waals surface area contributed by atoms with Gasteiger partial charge in [0.2, 0.25) is 0 Å². The first kappa shape index (κ1) is 20.5. The number of benzene rings is 1. The van der Waals surface area contributed by atoms with Crippen LogP contribution in [0.1, 0.15) is 39.2 Å². The van der Waals surface area contributed by atoms with Crippen molar-refractivity contribution in [1.82, 2.24) is 15.1 Å². The highest BCUT2D eigenvalue weighted by Crippen LogP contribution is 2.31. The van der Waals surface area contributed by atoms with Crippen LogP contribution in [0.5, 0.6) is 0 Å². The minimum atomic E-state index is -0.605. The number of aromatic nitrogens is 2. The van der Waals surface area contributed by atoms with Crippen molar-refractivity contribution in [2.45, 2.75) is 44.6 Å². The van der Waals surface area contributed by atoms with Crippen molar-refractivity contribution in [3.05, 3.63) is 48.3 Å². The fourth-order valence-corrected chi connectivity index (χ4v) is 3.52. The van der Waals surface area contributed by atoms with Crippen molar-refractivity contribution in [1.29, 1.82) is 0 Å². The van der Waals surface area contributed by atoms with Crippen LogP contribution < -0.4 is 10.2 Å². The molecule has 5 nitrogen and oxygen atoms in total. The molecule has 0 unspecified atom stereocenters. The third-order valence-corrected chi connectivity index (χ3v) is 5.20. The number of nitrogens with one attached hydrogen (secondary N) is 1. The SMILES string of the molecule is CN(C(=O)C1(n2cccn2)CCNCC1)c1ccc(C(C)(C)C)cc1.Cl. The highest BCUT2D eigenvalue weighted by Gasteiger charge is 2.44. The summed E-state index contributed by atoms with van der Waals surface area (Å²) in [5, 5.41) is 7.74. The average molecular weight is 377 g/mol. The Labute approximate surface area is 162 Å². The molecule has 0 radical (unpaired) electrons. The van der Waals surface area contributed by atoms with Crippen LogP contribution in [0.4, 0.5) is 5.69 Å². The van der Waals surface area contributed by atoms with E-state index in [0.29, 0.717) is 0 Å². The number of likely N-dealkylation sites (N-methyl/N-ethyl adjacent to an activating group) is 1. The number of rotatable bonds is 3. The lowest BCUT2D eigenvalue weighted by Gasteiger charge is -2.39. The Balaban J connectivity index is 0.00000243. The quantitative estimate of drug-likeness (QED) is 0.893. The third-order valence-electron chi connectivity index (χ3n) is 5.20. The summed E-state index contributed by atoms with van der Waals surface area (Å²) in [7, 11) is 1.86. The number of hydrogen-bond acceptors (Lipinski definition) is 3. The molecule has 0 aliphatic carbocycles. The molecule has 2 heterocycles. The highest BCUT2D eigenvalue weighted by atomic mass is 35.5. The summed E-state index contributed by atoms with van der Waals surface area (Å²) in [6.07, 6.45) is 5.14. The molecule has 26 heavy (non-hydrogen) atoms. The Hall–Kier alpha value is -1.85. The molecule has 2 aromatic rings. The van der Waals surface area contributed by atoms with Gasteiger partial charge in [-0.05, 0) is 55.1 Å². The van der Waals surface area contributed by atoms with Gasteiger partial charge in [-0.15, -0.1) is 12.4 Å². The lowest BCUT2D eigenvalue weighted by Crippen LogP contribution is -2.55. The van der Waals surface area contributed by atoms with Gasteiger partial charge in [-0.3, -0.25) is 9.48 Å². The molecule has 6 heteroatoms. The summed E-state index contributed by atoms with van der Waals surface area (Å²) in [4.78, 5) is 15.2. The van der Waals surface area contributed by atoms with Gasteiger partial charge < -0.3 is 10.2 Å². The monoisotopic (exact) mass is 376 g/mol. The Morgan fingerprint density at radius 3 is 2.31 bits per heavy atom. The number of nitrogens with zero attached hydrogens (tertiary/aromatic N) is 3. The molecule has 1 fully saturated rings. The first-order valence-electron chi connectivity index (χ1n) is 8.94. The van der Waals surface area contributed by atoms with Crippen LogP contribution in [0.3, 0.4) is 0 Å². The van der Waals surface area contributed by atoms with Gasteiger partial charge in [0.05, 0.1) is 0 Å². The Kier molecular flexibility index (Phi) is 6.14. The topological polar surface area (TPSA) is 50.2 Å². The van der Waals surface area contributed by atoms with E-state index in [2.05, 4.69) is 43.3 Å². The Morgan fingerprint density at radius 1 is 1.19 bits per heavy atom. The van der Waals surface area contributed by atoms with Crippen LogP contribution in [0.25, 0.3) is 0 Å².